The first kappa shape index (κ1) is 18.7. The molecule has 0 heterocycles. The number of nitrogens with one attached hydrogen (secondary N) is 2. The number of carbonyl (C=O) groups excluding carboxylic acids is 2. The van der Waals surface area contributed by atoms with E-state index in [1.807, 2.05) is 0 Å². The maximum atomic E-state index is 12.4. The fourth-order valence-electron chi connectivity index (χ4n) is 2.72. The summed E-state index contributed by atoms with van der Waals surface area (Å²) in [6.45, 7) is 1.77. The Morgan fingerprint density at radius 1 is 1.27 bits per heavy atom. The van der Waals surface area contributed by atoms with Crippen molar-refractivity contribution in [2.75, 3.05) is 17.2 Å². The summed E-state index contributed by atoms with van der Waals surface area (Å²) in [7, 11) is 0. The van der Waals surface area contributed by atoms with Crippen molar-refractivity contribution >= 4 is 47.2 Å². The number of hydrogen-bond acceptors (Lipinski definition) is 3. The molecule has 2 amide bonds. The molecule has 5 nitrogen and oxygen atoms in total. The van der Waals surface area contributed by atoms with Crippen LogP contribution < -0.4 is 16.4 Å². The van der Waals surface area contributed by atoms with Crippen LogP contribution in [0.25, 0.3) is 0 Å². The molecular weight excluding hydrogens is 325 g/mol. The first-order valence-corrected chi connectivity index (χ1v) is 7.43. The Hall–Kier alpha value is -1.30. The van der Waals surface area contributed by atoms with E-state index >= 15 is 0 Å². The molecule has 0 aromatic heterocycles. The van der Waals surface area contributed by atoms with E-state index in [1.54, 1.807) is 18.2 Å². The van der Waals surface area contributed by atoms with E-state index in [0.717, 1.165) is 25.7 Å². The smallest absolute Gasteiger partial charge is 0.231 e. The number of halogens is 2. The number of amides is 2. The Balaban J connectivity index is 0.00000242. The number of hydrogen-bond donors (Lipinski definition) is 3. The highest BCUT2D eigenvalue weighted by molar-refractivity contribution is 6.34. The predicted octanol–water partition coefficient (Wildman–Crippen LogP) is 3.18. The zero-order valence-electron chi connectivity index (χ0n) is 12.4. The van der Waals surface area contributed by atoms with Crippen LogP contribution in [0.1, 0.15) is 32.6 Å². The van der Waals surface area contributed by atoms with Crippen molar-refractivity contribution in [3.63, 3.8) is 0 Å². The quantitative estimate of drug-likeness (QED) is 0.783. The molecule has 7 heteroatoms. The van der Waals surface area contributed by atoms with Crippen molar-refractivity contribution in [2.45, 2.75) is 32.6 Å². The minimum atomic E-state index is -0.456. The third kappa shape index (κ3) is 4.12. The summed E-state index contributed by atoms with van der Waals surface area (Å²) < 4.78 is 0. The van der Waals surface area contributed by atoms with Crippen LogP contribution in [0.15, 0.2) is 18.2 Å². The lowest BCUT2D eigenvalue weighted by atomic mass is 9.85. The predicted molar refractivity (Wildman–Crippen MR) is 91.6 cm³/mol. The third-order valence-electron chi connectivity index (χ3n) is 3.97. The number of nitrogens with two attached hydrogens (primary N) is 1. The van der Waals surface area contributed by atoms with Crippen LogP contribution in [-0.4, -0.2) is 18.4 Å². The van der Waals surface area contributed by atoms with E-state index in [0.29, 0.717) is 22.9 Å². The van der Waals surface area contributed by atoms with E-state index in [4.69, 9.17) is 17.3 Å². The van der Waals surface area contributed by atoms with Crippen molar-refractivity contribution in [3.8, 4) is 0 Å². The van der Waals surface area contributed by atoms with E-state index in [1.165, 1.54) is 6.92 Å². The molecule has 0 unspecified atom stereocenters. The van der Waals surface area contributed by atoms with Crippen LogP contribution in [0, 0.1) is 5.41 Å². The molecule has 1 saturated carbocycles. The van der Waals surface area contributed by atoms with Crippen LogP contribution in [0.3, 0.4) is 0 Å². The number of carbonyl (C=O) groups is 2. The first-order chi connectivity index (χ1) is 9.97. The van der Waals surface area contributed by atoms with Crippen LogP contribution in [-0.2, 0) is 9.59 Å². The molecule has 1 fully saturated rings. The molecule has 0 radical (unpaired) electrons. The summed E-state index contributed by atoms with van der Waals surface area (Å²) in [6, 6.07) is 5.02. The largest absolute Gasteiger partial charge is 0.329 e. The van der Waals surface area contributed by atoms with Gasteiger partial charge >= 0.3 is 0 Å². The monoisotopic (exact) mass is 345 g/mol. The summed E-state index contributed by atoms with van der Waals surface area (Å²) >= 11 is 6.09. The van der Waals surface area contributed by atoms with Crippen LogP contribution in [0.5, 0.6) is 0 Å². The lowest BCUT2D eigenvalue weighted by Gasteiger charge is -2.25. The summed E-state index contributed by atoms with van der Waals surface area (Å²) in [5.74, 6) is -0.243. The van der Waals surface area contributed by atoms with Crippen molar-refractivity contribution in [2.24, 2.45) is 11.1 Å². The van der Waals surface area contributed by atoms with Gasteiger partial charge < -0.3 is 16.4 Å². The molecule has 1 aromatic rings. The van der Waals surface area contributed by atoms with Crippen molar-refractivity contribution in [3.05, 3.63) is 23.2 Å². The highest BCUT2D eigenvalue weighted by Crippen LogP contribution is 2.38. The molecule has 1 aromatic carbocycles. The summed E-state index contributed by atoms with van der Waals surface area (Å²) in [5.41, 5.74) is 6.48. The van der Waals surface area contributed by atoms with Crippen molar-refractivity contribution < 1.29 is 9.59 Å². The van der Waals surface area contributed by atoms with E-state index in [-0.39, 0.29) is 24.2 Å². The normalized spacial score (nSPS) is 15.8. The molecular formula is C15H21Cl2N3O2. The fourth-order valence-corrected chi connectivity index (χ4v) is 2.95. The van der Waals surface area contributed by atoms with Gasteiger partial charge in [0, 0.05) is 19.2 Å². The zero-order valence-corrected chi connectivity index (χ0v) is 14.0. The molecule has 1 aliphatic carbocycles. The molecule has 0 aliphatic heterocycles. The van der Waals surface area contributed by atoms with Crippen molar-refractivity contribution in [1.82, 2.24) is 0 Å². The maximum absolute atomic E-state index is 12.4. The lowest BCUT2D eigenvalue weighted by Crippen LogP contribution is -2.40. The highest BCUT2D eigenvalue weighted by atomic mass is 35.5. The van der Waals surface area contributed by atoms with Gasteiger partial charge in [0.2, 0.25) is 11.8 Å². The second-order valence-electron chi connectivity index (χ2n) is 5.52. The fraction of sp³-hybridized carbons (Fsp3) is 0.467. The van der Waals surface area contributed by atoms with E-state index in [9.17, 15) is 9.59 Å². The SMILES string of the molecule is CC(=O)Nc1ccc(NC(=O)C2(CN)CCCC2)cc1Cl.Cl. The second-order valence-corrected chi connectivity index (χ2v) is 5.93. The first-order valence-electron chi connectivity index (χ1n) is 7.05. The second kappa shape index (κ2) is 7.81. The molecule has 0 bridgehead atoms. The zero-order chi connectivity index (χ0) is 15.5. The molecule has 1 aliphatic rings. The summed E-state index contributed by atoms with van der Waals surface area (Å²) in [4.78, 5) is 23.5. The minimum absolute atomic E-state index is 0. The Labute approximate surface area is 141 Å². The standard InChI is InChI=1S/C15H20ClN3O2.ClH/c1-10(20)18-13-5-4-11(8-12(13)16)19-14(21)15(9-17)6-2-3-7-15;/h4-5,8H,2-3,6-7,9,17H2,1H3,(H,18,20)(H,19,21);1H. The minimum Gasteiger partial charge on any atom is -0.329 e. The van der Waals surface area contributed by atoms with Gasteiger partial charge in [-0.3, -0.25) is 9.59 Å². The summed E-state index contributed by atoms with van der Waals surface area (Å²) in [6.07, 6.45) is 3.72. The van der Waals surface area contributed by atoms with Gasteiger partial charge in [0.1, 0.15) is 0 Å². The third-order valence-corrected chi connectivity index (χ3v) is 4.28. The molecule has 0 atom stereocenters. The van der Waals surface area contributed by atoms with Crippen LogP contribution in [0.4, 0.5) is 11.4 Å². The lowest BCUT2D eigenvalue weighted by molar-refractivity contribution is -0.124. The highest BCUT2D eigenvalue weighted by Gasteiger charge is 2.39. The van der Waals surface area contributed by atoms with Gasteiger partial charge in [-0.15, -0.1) is 12.4 Å². The number of benzene rings is 1. The Morgan fingerprint density at radius 2 is 1.91 bits per heavy atom. The van der Waals surface area contributed by atoms with E-state index < -0.39 is 5.41 Å². The maximum Gasteiger partial charge on any atom is 0.231 e. The van der Waals surface area contributed by atoms with Gasteiger partial charge in [0.25, 0.3) is 0 Å². The van der Waals surface area contributed by atoms with Crippen LogP contribution >= 0.6 is 24.0 Å². The summed E-state index contributed by atoms with van der Waals surface area (Å²) in [5, 5.41) is 5.89. The van der Waals surface area contributed by atoms with Gasteiger partial charge in [0.05, 0.1) is 16.1 Å². The topological polar surface area (TPSA) is 84.2 Å². The van der Waals surface area contributed by atoms with Gasteiger partial charge in [0.15, 0.2) is 0 Å². The molecule has 22 heavy (non-hydrogen) atoms. The van der Waals surface area contributed by atoms with Gasteiger partial charge in [-0.05, 0) is 31.0 Å². The Kier molecular flexibility index (Phi) is 6.66. The van der Waals surface area contributed by atoms with E-state index in [2.05, 4.69) is 10.6 Å². The van der Waals surface area contributed by atoms with Gasteiger partial charge in [-0.1, -0.05) is 24.4 Å². The van der Waals surface area contributed by atoms with Gasteiger partial charge in [-0.2, -0.15) is 0 Å². The van der Waals surface area contributed by atoms with Crippen molar-refractivity contribution in [1.29, 1.82) is 0 Å². The molecule has 2 rings (SSSR count). The molecule has 0 spiro atoms. The average Bonchev–Trinajstić information content (AvgIpc) is 2.91. The van der Waals surface area contributed by atoms with Gasteiger partial charge in [-0.25, -0.2) is 0 Å². The molecule has 122 valence electrons. The number of rotatable bonds is 4. The Bertz CT molecular complexity index is 558. The Morgan fingerprint density at radius 3 is 2.41 bits per heavy atom. The molecule has 0 saturated heterocycles. The molecule has 4 N–H and O–H groups in total. The van der Waals surface area contributed by atoms with Crippen LogP contribution in [0.2, 0.25) is 5.02 Å². The number of anilines is 2. The average molecular weight is 346 g/mol.